The number of rotatable bonds is 2. The number of nitrogens with one attached hydrogen (secondary N) is 2. The van der Waals surface area contributed by atoms with E-state index in [4.69, 9.17) is 0 Å². The third-order valence-corrected chi connectivity index (χ3v) is 2.96. The molecule has 0 spiro atoms. The van der Waals surface area contributed by atoms with E-state index in [-0.39, 0.29) is 5.91 Å². The fourth-order valence-electron chi connectivity index (χ4n) is 2.00. The van der Waals surface area contributed by atoms with Crippen LogP contribution in [0, 0.1) is 0 Å². The highest BCUT2D eigenvalue weighted by molar-refractivity contribution is 5.91. The van der Waals surface area contributed by atoms with Crippen LogP contribution in [-0.2, 0) is 0 Å². The number of carbonyl (C=O) groups is 1. The van der Waals surface area contributed by atoms with Gasteiger partial charge < -0.3 is 10.2 Å². The number of H-pyrrole nitrogens is 1. The first-order valence-corrected chi connectivity index (χ1v) is 5.66. The van der Waals surface area contributed by atoms with Gasteiger partial charge in [0.05, 0.1) is 0 Å². The van der Waals surface area contributed by atoms with Gasteiger partial charge in [0.25, 0.3) is 5.91 Å². The zero-order valence-electron chi connectivity index (χ0n) is 9.79. The Balaban J connectivity index is 2.09. The van der Waals surface area contributed by atoms with Crippen molar-refractivity contribution >= 4 is 5.91 Å². The molecule has 1 aromatic rings. The average Bonchev–Trinajstić information content (AvgIpc) is 2.78. The minimum atomic E-state index is -0.0498. The van der Waals surface area contributed by atoms with Crippen LogP contribution >= 0.6 is 0 Å². The standard InChI is InChI=1S/C11H18N4O/c1-15(2)11(16)10-6-9(13-14-10)8-4-3-5-12-7-8/h6,8,12H,3-5,7H2,1-2H3,(H,13,14). The highest BCUT2D eigenvalue weighted by Gasteiger charge is 2.19. The Morgan fingerprint density at radius 2 is 2.38 bits per heavy atom. The number of nitrogens with zero attached hydrogens (tertiary/aromatic N) is 2. The molecule has 2 heterocycles. The second-order valence-electron chi connectivity index (χ2n) is 4.45. The molecule has 0 saturated carbocycles. The first kappa shape index (κ1) is 11.1. The molecule has 5 nitrogen and oxygen atoms in total. The third-order valence-electron chi connectivity index (χ3n) is 2.96. The largest absolute Gasteiger partial charge is 0.343 e. The molecule has 1 fully saturated rings. The molecule has 2 rings (SSSR count). The zero-order chi connectivity index (χ0) is 11.5. The summed E-state index contributed by atoms with van der Waals surface area (Å²) in [6.07, 6.45) is 2.34. The van der Waals surface area contributed by atoms with Gasteiger partial charge in [-0.1, -0.05) is 0 Å². The molecule has 0 bridgehead atoms. The summed E-state index contributed by atoms with van der Waals surface area (Å²) in [7, 11) is 3.47. The Bertz CT molecular complexity index is 366. The summed E-state index contributed by atoms with van der Waals surface area (Å²) in [4.78, 5) is 13.2. The monoisotopic (exact) mass is 222 g/mol. The van der Waals surface area contributed by atoms with Crippen molar-refractivity contribution in [2.24, 2.45) is 0 Å². The summed E-state index contributed by atoms with van der Waals surface area (Å²) < 4.78 is 0. The summed E-state index contributed by atoms with van der Waals surface area (Å²) in [5, 5.41) is 10.4. The molecule has 16 heavy (non-hydrogen) atoms. The second kappa shape index (κ2) is 4.65. The summed E-state index contributed by atoms with van der Waals surface area (Å²) in [5.41, 5.74) is 1.57. The van der Waals surface area contributed by atoms with Crippen molar-refractivity contribution in [3.8, 4) is 0 Å². The van der Waals surface area contributed by atoms with E-state index in [2.05, 4.69) is 15.5 Å². The van der Waals surface area contributed by atoms with E-state index in [0.29, 0.717) is 11.6 Å². The lowest BCUT2D eigenvalue weighted by Crippen LogP contribution is -2.28. The number of carbonyl (C=O) groups excluding carboxylic acids is 1. The maximum absolute atomic E-state index is 11.7. The van der Waals surface area contributed by atoms with Crippen LogP contribution in [0.25, 0.3) is 0 Å². The molecule has 1 aliphatic heterocycles. The molecule has 1 saturated heterocycles. The van der Waals surface area contributed by atoms with Gasteiger partial charge in [0.15, 0.2) is 0 Å². The van der Waals surface area contributed by atoms with Crippen molar-refractivity contribution < 1.29 is 4.79 Å². The molecule has 0 aromatic carbocycles. The number of hydrogen-bond acceptors (Lipinski definition) is 3. The van der Waals surface area contributed by atoms with Gasteiger partial charge in [0.2, 0.25) is 0 Å². The van der Waals surface area contributed by atoms with Crippen LogP contribution in [0.5, 0.6) is 0 Å². The van der Waals surface area contributed by atoms with Crippen molar-refractivity contribution in [3.05, 3.63) is 17.5 Å². The smallest absolute Gasteiger partial charge is 0.273 e. The van der Waals surface area contributed by atoms with Gasteiger partial charge in [-0.05, 0) is 25.5 Å². The van der Waals surface area contributed by atoms with Gasteiger partial charge in [0, 0.05) is 32.3 Å². The van der Waals surface area contributed by atoms with Crippen LogP contribution in [0.15, 0.2) is 6.07 Å². The van der Waals surface area contributed by atoms with Gasteiger partial charge in [-0.2, -0.15) is 5.10 Å². The van der Waals surface area contributed by atoms with Crippen LogP contribution in [0.3, 0.4) is 0 Å². The Kier molecular flexibility index (Phi) is 3.24. The number of aromatic amines is 1. The molecule has 0 radical (unpaired) electrons. The van der Waals surface area contributed by atoms with Crippen LogP contribution in [0.2, 0.25) is 0 Å². The first-order chi connectivity index (χ1) is 7.68. The lowest BCUT2D eigenvalue weighted by atomic mass is 9.96. The fraction of sp³-hybridized carbons (Fsp3) is 0.636. The number of aromatic nitrogens is 2. The Hall–Kier alpha value is -1.36. The van der Waals surface area contributed by atoms with Gasteiger partial charge >= 0.3 is 0 Å². The highest BCUT2D eigenvalue weighted by Crippen LogP contribution is 2.21. The SMILES string of the molecule is CN(C)C(=O)c1cc(C2CCCNC2)[nH]n1. The molecular weight excluding hydrogens is 204 g/mol. The molecule has 1 unspecified atom stereocenters. The molecule has 1 atom stereocenters. The minimum Gasteiger partial charge on any atom is -0.343 e. The van der Waals surface area contributed by atoms with Crippen LogP contribution in [0.4, 0.5) is 0 Å². The summed E-state index contributed by atoms with van der Waals surface area (Å²) in [5.74, 6) is 0.413. The van der Waals surface area contributed by atoms with Gasteiger partial charge in [-0.15, -0.1) is 0 Å². The molecule has 1 aliphatic rings. The summed E-state index contributed by atoms with van der Waals surface area (Å²) in [6.45, 7) is 2.06. The van der Waals surface area contributed by atoms with Crippen molar-refractivity contribution in [1.82, 2.24) is 20.4 Å². The lowest BCUT2D eigenvalue weighted by molar-refractivity contribution is 0.0822. The zero-order valence-corrected chi connectivity index (χ0v) is 9.79. The van der Waals surface area contributed by atoms with E-state index in [0.717, 1.165) is 25.2 Å². The second-order valence-corrected chi connectivity index (χ2v) is 4.45. The average molecular weight is 222 g/mol. The predicted molar refractivity (Wildman–Crippen MR) is 61.4 cm³/mol. The van der Waals surface area contributed by atoms with E-state index in [1.165, 1.54) is 6.42 Å². The predicted octanol–water partition coefficient (Wildman–Crippen LogP) is 0.578. The van der Waals surface area contributed by atoms with E-state index in [1.807, 2.05) is 6.07 Å². The summed E-state index contributed by atoms with van der Waals surface area (Å²) >= 11 is 0. The van der Waals surface area contributed by atoms with Crippen molar-refractivity contribution in [3.63, 3.8) is 0 Å². The molecular formula is C11H18N4O. The minimum absolute atomic E-state index is 0.0498. The lowest BCUT2D eigenvalue weighted by Gasteiger charge is -2.21. The fourth-order valence-corrected chi connectivity index (χ4v) is 2.00. The summed E-state index contributed by atoms with van der Waals surface area (Å²) in [6, 6.07) is 1.88. The van der Waals surface area contributed by atoms with Crippen LogP contribution < -0.4 is 5.32 Å². The molecule has 1 aromatic heterocycles. The van der Waals surface area contributed by atoms with Crippen molar-refractivity contribution in [2.45, 2.75) is 18.8 Å². The Morgan fingerprint density at radius 1 is 1.56 bits per heavy atom. The van der Waals surface area contributed by atoms with Gasteiger partial charge in [-0.3, -0.25) is 9.89 Å². The highest BCUT2D eigenvalue weighted by atomic mass is 16.2. The van der Waals surface area contributed by atoms with Crippen molar-refractivity contribution in [1.29, 1.82) is 0 Å². The van der Waals surface area contributed by atoms with Gasteiger partial charge in [0.1, 0.15) is 5.69 Å². The first-order valence-electron chi connectivity index (χ1n) is 5.66. The molecule has 5 heteroatoms. The van der Waals surface area contributed by atoms with E-state index in [9.17, 15) is 4.79 Å². The Morgan fingerprint density at radius 3 is 3.00 bits per heavy atom. The van der Waals surface area contributed by atoms with E-state index in [1.54, 1.807) is 19.0 Å². The molecule has 2 N–H and O–H groups in total. The number of piperidine rings is 1. The quantitative estimate of drug-likeness (QED) is 0.769. The molecule has 1 amide bonds. The Labute approximate surface area is 95.2 Å². The maximum atomic E-state index is 11.7. The number of amides is 1. The van der Waals surface area contributed by atoms with Gasteiger partial charge in [-0.25, -0.2) is 0 Å². The molecule has 0 aliphatic carbocycles. The number of hydrogen-bond donors (Lipinski definition) is 2. The van der Waals surface area contributed by atoms with Crippen LogP contribution in [-0.4, -0.2) is 48.2 Å². The van der Waals surface area contributed by atoms with E-state index < -0.39 is 0 Å². The van der Waals surface area contributed by atoms with Crippen LogP contribution in [0.1, 0.15) is 34.9 Å². The molecule has 88 valence electrons. The topological polar surface area (TPSA) is 61.0 Å². The van der Waals surface area contributed by atoms with E-state index >= 15 is 0 Å². The third kappa shape index (κ3) is 2.24. The van der Waals surface area contributed by atoms with Crippen molar-refractivity contribution in [2.75, 3.05) is 27.2 Å². The normalized spacial score (nSPS) is 20.8. The maximum Gasteiger partial charge on any atom is 0.273 e.